The highest BCUT2D eigenvalue weighted by Gasteiger charge is 2.26. The van der Waals surface area contributed by atoms with Gasteiger partial charge in [-0.1, -0.05) is 81.4 Å². The number of nitrogens with one attached hydrogen (secondary N) is 2. The molecule has 0 radical (unpaired) electrons. The van der Waals surface area contributed by atoms with Crippen LogP contribution >= 0.6 is 11.8 Å². The molecule has 0 aliphatic rings. The number of rotatable bonds is 11. The van der Waals surface area contributed by atoms with E-state index >= 15 is 0 Å². The number of amides is 2. The van der Waals surface area contributed by atoms with E-state index in [9.17, 15) is 9.59 Å². The molecule has 0 bridgehead atoms. The molecule has 36 heavy (non-hydrogen) atoms. The molecule has 1 heterocycles. The molecule has 1 aromatic heterocycles. The maximum atomic E-state index is 12.9. The van der Waals surface area contributed by atoms with Crippen molar-refractivity contribution in [3.8, 4) is 0 Å². The van der Waals surface area contributed by atoms with E-state index in [1.807, 2.05) is 73.9 Å². The topological polar surface area (TPSA) is 88.9 Å². The summed E-state index contributed by atoms with van der Waals surface area (Å²) >= 11 is 1.31. The van der Waals surface area contributed by atoms with Crippen LogP contribution in [0.5, 0.6) is 0 Å². The summed E-state index contributed by atoms with van der Waals surface area (Å²) in [6.07, 6.45) is 1.76. The molecule has 0 aliphatic carbocycles. The average Bonchev–Trinajstić information content (AvgIpc) is 3.23. The molecule has 0 saturated carbocycles. The lowest BCUT2D eigenvalue weighted by Gasteiger charge is -2.22. The molecule has 8 heteroatoms. The van der Waals surface area contributed by atoms with Crippen molar-refractivity contribution < 1.29 is 9.59 Å². The number of hydrogen-bond acceptors (Lipinski definition) is 5. The zero-order valence-electron chi connectivity index (χ0n) is 21.6. The molecule has 3 aromatic rings. The molecule has 0 saturated heterocycles. The third-order valence-corrected chi connectivity index (χ3v) is 6.76. The van der Waals surface area contributed by atoms with Crippen LogP contribution in [0.3, 0.4) is 0 Å². The van der Waals surface area contributed by atoms with E-state index in [0.29, 0.717) is 29.0 Å². The van der Waals surface area contributed by atoms with Crippen LogP contribution in [-0.4, -0.2) is 32.3 Å². The molecule has 0 aliphatic heterocycles. The Balaban J connectivity index is 1.75. The van der Waals surface area contributed by atoms with Crippen LogP contribution in [0.25, 0.3) is 0 Å². The van der Waals surface area contributed by atoms with E-state index < -0.39 is 0 Å². The molecule has 190 valence electrons. The Bertz CT molecular complexity index is 1200. The number of para-hydroxylation sites is 1. The van der Waals surface area contributed by atoms with E-state index in [2.05, 4.69) is 41.3 Å². The minimum absolute atomic E-state index is 0.0702. The number of allylic oxidation sites excluding steroid dienone is 1. The van der Waals surface area contributed by atoms with Crippen molar-refractivity contribution in [1.29, 1.82) is 0 Å². The van der Waals surface area contributed by atoms with Gasteiger partial charge in [0, 0.05) is 17.8 Å². The summed E-state index contributed by atoms with van der Waals surface area (Å²) in [5.74, 6) is 0.911. The van der Waals surface area contributed by atoms with Gasteiger partial charge in [0.15, 0.2) is 11.0 Å². The van der Waals surface area contributed by atoms with E-state index in [-0.39, 0.29) is 29.5 Å². The van der Waals surface area contributed by atoms with Crippen LogP contribution in [-0.2, 0) is 11.3 Å². The lowest BCUT2D eigenvalue weighted by Crippen LogP contribution is -2.33. The molecule has 7 nitrogen and oxygen atoms in total. The first-order valence-electron chi connectivity index (χ1n) is 12.1. The minimum atomic E-state index is -0.354. The number of aryl methyl sites for hydroxylation is 1. The standard InChI is InChI=1S/C28H35N5O2S/c1-7-16-33-26(25(19(4)5)30-27(35)21-14-12-20(6)13-15-21)31-32-28(33)36-17-24(34)29-23-11-9-8-10-22(23)18(2)3/h7-15,18-19,25H,1,16-17H2,2-6H3,(H,29,34)(H,30,35)/t25-/m0/s1. The quantitative estimate of drug-likeness (QED) is 0.256. The van der Waals surface area contributed by atoms with Crippen molar-refractivity contribution in [1.82, 2.24) is 20.1 Å². The van der Waals surface area contributed by atoms with Gasteiger partial charge >= 0.3 is 0 Å². The van der Waals surface area contributed by atoms with Gasteiger partial charge in [0.25, 0.3) is 5.91 Å². The van der Waals surface area contributed by atoms with Crippen molar-refractivity contribution in [3.63, 3.8) is 0 Å². The van der Waals surface area contributed by atoms with E-state index in [0.717, 1.165) is 16.8 Å². The molecular weight excluding hydrogens is 470 g/mol. The van der Waals surface area contributed by atoms with Gasteiger partial charge < -0.3 is 15.2 Å². The summed E-state index contributed by atoms with van der Waals surface area (Å²) in [6, 6.07) is 14.9. The summed E-state index contributed by atoms with van der Waals surface area (Å²) in [7, 11) is 0. The second-order valence-corrected chi connectivity index (χ2v) is 10.3. The van der Waals surface area contributed by atoms with Gasteiger partial charge in [-0.25, -0.2) is 0 Å². The SMILES string of the molecule is C=CCn1c(SCC(=O)Nc2ccccc2C(C)C)nnc1[C@@H](NC(=O)c1ccc(C)cc1)C(C)C. The monoisotopic (exact) mass is 505 g/mol. The lowest BCUT2D eigenvalue weighted by atomic mass is 10.0. The van der Waals surface area contributed by atoms with Gasteiger partial charge in [-0.3, -0.25) is 9.59 Å². The second kappa shape index (κ2) is 12.5. The maximum Gasteiger partial charge on any atom is 0.251 e. The van der Waals surface area contributed by atoms with Crippen LogP contribution in [0.4, 0.5) is 5.69 Å². The Hall–Kier alpha value is -3.39. The second-order valence-electron chi connectivity index (χ2n) is 9.38. The van der Waals surface area contributed by atoms with Crippen molar-refractivity contribution in [2.75, 3.05) is 11.1 Å². The van der Waals surface area contributed by atoms with Crippen LogP contribution in [0.1, 0.15) is 67.0 Å². The van der Waals surface area contributed by atoms with Crippen molar-refractivity contribution >= 4 is 29.3 Å². The maximum absolute atomic E-state index is 12.9. The average molecular weight is 506 g/mol. The summed E-state index contributed by atoms with van der Waals surface area (Å²) in [5.41, 5.74) is 3.60. The zero-order valence-corrected chi connectivity index (χ0v) is 22.4. The molecule has 1 atom stereocenters. The Morgan fingerprint density at radius 3 is 2.39 bits per heavy atom. The van der Waals surface area contributed by atoms with Gasteiger partial charge in [0.1, 0.15) is 0 Å². The number of nitrogens with zero attached hydrogens (tertiary/aromatic N) is 3. The number of aromatic nitrogens is 3. The van der Waals surface area contributed by atoms with E-state index in [1.165, 1.54) is 11.8 Å². The van der Waals surface area contributed by atoms with Crippen molar-refractivity contribution in [2.24, 2.45) is 5.92 Å². The Morgan fingerprint density at radius 2 is 1.75 bits per heavy atom. The first-order valence-corrected chi connectivity index (χ1v) is 13.1. The first-order chi connectivity index (χ1) is 17.2. The Morgan fingerprint density at radius 1 is 1.06 bits per heavy atom. The number of carbonyl (C=O) groups is 2. The highest BCUT2D eigenvalue weighted by Crippen LogP contribution is 2.27. The number of hydrogen-bond donors (Lipinski definition) is 2. The van der Waals surface area contributed by atoms with Gasteiger partial charge in [-0.15, -0.1) is 16.8 Å². The number of thioether (sulfide) groups is 1. The van der Waals surface area contributed by atoms with Gasteiger partial charge in [0.2, 0.25) is 5.91 Å². The van der Waals surface area contributed by atoms with Crippen LogP contribution in [0.2, 0.25) is 0 Å². The van der Waals surface area contributed by atoms with Crippen molar-refractivity contribution in [3.05, 3.63) is 83.7 Å². The molecule has 2 N–H and O–H groups in total. The largest absolute Gasteiger partial charge is 0.342 e. The van der Waals surface area contributed by atoms with Crippen LogP contribution < -0.4 is 10.6 Å². The predicted molar refractivity (Wildman–Crippen MR) is 146 cm³/mol. The molecule has 0 unspecified atom stereocenters. The minimum Gasteiger partial charge on any atom is -0.342 e. The van der Waals surface area contributed by atoms with Gasteiger partial charge in [-0.2, -0.15) is 0 Å². The third-order valence-electron chi connectivity index (χ3n) is 5.79. The molecular formula is C28H35N5O2S. The van der Waals surface area contributed by atoms with E-state index in [4.69, 9.17) is 0 Å². The summed E-state index contributed by atoms with van der Waals surface area (Å²) in [6.45, 7) is 14.6. The van der Waals surface area contributed by atoms with Gasteiger partial charge in [-0.05, 0) is 42.5 Å². The fraction of sp³-hybridized carbons (Fsp3) is 0.357. The summed E-state index contributed by atoms with van der Waals surface area (Å²) in [5, 5.41) is 15.5. The Labute approximate surface area is 217 Å². The third kappa shape index (κ3) is 6.85. The van der Waals surface area contributed by atoms with Crippen molar-refractivity contribution in [2.45, 2.75) is 58.3 Å². The van der Waals surface area contributed by atoms with E-state index in [1.54, 1.807) is 6.08 Å². The van der Waals surface area contributed by atoms with Crippen LogP contribution in [0.15, 0.2) is 66.3 Å². The molecule has 0 spiro atoms. The first kappa shape index (κ1) is 27.2. The summed E-state index contributed by atoms with van der Waals surface area (Å²) in [4.78, 5) is 25.7. The van der Waals surface area contributed by atoms with Crippen LogP contribution in [0, 0.1) is 12.8 Å². The normalized spacial score (nSPS) is 12.0. The molecule has 2 amide bonds. The highest BCUT2D eigenvalue weighted by molar-refractivity contribution is 7.99. The molecule has 3 rings (SSSR count). The fourth-order valence-corrected chi connectivity index (χ4v) is 4.58. The predicted octanol–water partition coefficient (Wildman–Crippen LogP) is 5.75. The Kier molecular flexibility index (Phi) is 9.47. The smallest absolute Gasteiger partial charge is 0.251 e. The fourth-order valence-electron chi connectivity index (χ4n) is 3.83. The zero-order chi connectivity index (χ0) is 26.2. The summed E-state index contributed by atoms with van der Waals surface area (Å²) < 4.78 is 1.91. The van der Waals surface area contributed by atoms with Gasteiger partial charge in [0.05, 0.1) is 11.8 Å². The number of anilines is 1. The lowest BCUT2D eigenvalue weighted by molar-refractivity contribution is -0.113. The molecule has 0 fully saturated rings. The number of benzene rings is 2. The highest BCUT2D eigenvalue weighted by atomic mass is 32.2. The number of carbonyl (C=O) groups excluding carboxylic acids is 2. The molecule has 2 aromatic carbocycles.